The average molecular weight is 455 g/mol. The van der Waals surface area contributed by atoms with Crippen LogP contribution in [-0.4, -0.2) is 48.8 Å². The number of esters is 1. The number of hydrogen-bond acceptors (Lipinski definition) is 8. The monoisotopic (exact) mass is 454 g/mol. The van der Waals surface area contributed by atoms with Gasteiger partial charge in [-0.25, -0.2) is 4.68 Å². The fourth-order valence-electron chi connectivity index (χ4n) is 3.49. The Labute approximate surface area is 190 Å². The number of nitrogens with one attached hydrogen (secondary N) is 2. The predicted molar refractivity (Wildman–Crippen MR) is 125 cm³/mol. The van der Waals surface area contributed by atoms with Gasteiger partial charge in [-0.3, -0.25) is 4.79 Å². The Morgan fingerprint density at radius 3 is 2.97 bits per heavy atom. The van der Waals surface area contributed by atoms with Crippen molar-refractivity contribution in [2.45, 2.75) is 6.92 Å². The first kappa shape index (κ1) is 21.5. The average Bonchev–Trinajstić information content (AvgIpc) is 3.16. The lowest BCUT2D eigenvalue weighted by Crippen LogP contribution is -2.37. The highest BCUT2D eigenvalue weighted by atomic mass is 35.5. The molecule has 10 heteroatoms. The van der Waals surface area contributed by atoms with Crippen molar-refractivity contribution in [2.24, 2.45) is 0 Å². The van der Waals surface area contributed by atoms with Crippen LogP contribution < -0.4 is 20.7 Å². The number of aromatic nitrogens is 2. The third-order valence-electron chi connectivity index (χ3n) is 5.22. The van der Waals surface area contributed by atoms with Gasteiger partial charge < -0.3 is 30.8 Å². The third kappa shape index (κ3) is 4.06. The topological polar surface area (TPSA) is 118 Å². The second-order valence-electron chi connectivity index (χ2n) is 7.30. The van der Waals surface area contributed by atoms with E-state index in [4.69, 9.17) is 32.2 Å². The Balaban J connectivity index is 1.61. The maximum Gasteiger partial charge on any atom is 0.325 e. The minimum absolute atomic E-state index is 0.168. The highest BCUT2D eigenvalue weighted by Crippen LogP contribution is 2.35. The number of ether oxygens (including phenoxy) is 2. The molecule has 1 aliphatic rings. The number of halogens is 1. The van der Waals surface area contributed by atoms with E-state index in [1.165, 1.54) is 7.11 Å². The lowest BCUT2D eigenvalue weighted by molar-refractivity contribution is -0.139. The Morgan fingerprint density at radius 2 is 2.22 bits per heavy atom. The number of carbonyl (C=O) groups excluding carboxylic acids is 1. The van der Waals surface area contributed by atoms with Gasteiger partial charge in [0.15, 0.2) is 5.82 Å². The van der Waals surface area contributed by atoms with Crippen molar-refractivity contribution >= 4 is 46.7 Å². The van der Waals surface area contributed by atoms with Crippen LogP contribution in [0.15, 0.2) is 36.5 Å². The molecule has 0 amide bonds. The van der Waals surface area contributed by atoms with Crippen molar-refractivity contribution in [3.05, 3.63) is 52.7 Å². The van der Waals surface area contributed by atoms with Gasteiger partial charge >= 0.3 is 5.97 Å². The van der Waals surface area contributed by atoms with Crippen LogP contribution in [0.2, 0.25) is 5.02 Å². The largest absolute Gasteiger partial charge is 0.489 e. The quantitative estimate of drug-likeness (QED) is 0.296. The summed E-state index contributed by atoms with van der Waals surface area (Å²) in [7, 11) is 1.38. The van der Waals surface area contributed by atoms with Crippen LogP contribution in [0.25, 0.3) is 5.69 Å². The third-order valence-corrected chi connectivity index (χ3v) is 5.63. The van der Waals surface area contributed by atoms with Gasteiger partial charge in [-0.15, -0.1) is 5.10 Å². The van der Waals surface area contributed by atoms with E-state index in [0.29, 0.717) is 46.7 Å². The second-order valence-corrected chi connectivity index (χ2v) is 7.68. The van der Waals surface area contributed by atoms with Crippen molar-refractivity contribution in [3.63, 3.8) is 0 Å². The first-order valence-corrected chi connectivity index (χ1v) is 10.3. The Hall–Kier alpha value is -3.72. The number of nitrogens with two attached hydrogens (primary N) is 1. The van der Waals surface area contributed by atoms with Gasteiger partial charge in [-0.1, -0.05) is 11.6 Å². The summed E-state index contributed by atoms with van der Waals surface area (Å²) in [6.07, 6.45) is 3.02. The molecule has 0 saturated carbocycles. The number of anilines is 4. The van der Waals surface area contributed by atoms with E-state index in [0.717, 1.165) is 23.2 Å². The number of fused-ring (bicyclic) bond motifs is 1. The Kier molecular flexibility index (Phi) is 5.91. The van der Waals surface area contributed by atoms with Crippen molar-refractivity contribution in [2.75, 3.05) is 42.8 Å². The fraction of sp³-hybridized carbons (Fsp3) is 0.227. The summed E-state index contributed by atoms with van der Waals surface area (Å²) in [6.45, 7) is 3.18. The molecule has 32 heavy (non-hydrogen) atoms. The summed E-state index contributed by atoms with van der Waals surface area (Å²) in [4.78, 5) is 13.6. The number of hydrogen-bond donors (Lipinski definition) is 3. The van der Waals surface area contributed by atoms with E-state index in [2.05, 4.69) is 10.4 Å². The molecule has 1 aromatic heterocycles. The lowest BCUT2D eigenvalue weighted by atomic mass is 10.1. The molecular weight excluding hydrogens is 432 g/mol. The molecule has 0 fully saturated rings. The van der Waals surface area contributed by atoms with E-state index < -0.39 is 0 Å². The van der Waals surface area contributed by atoms with Crippen LogP contribution in [-0.2, 0) is 9.53 Å². The van der Waals surface area contributed by atoms with Crippen LogP contribution >= 0.6 is 11.6 Å². The van der Waals surface area contributed by atoms with Crippen LogP contribution in [0.4, 0.5) is 22.9 Å². The molecule has 0 spiro atoms. The van der Waals surface area contributed by atoms with E-state index in [1.807, 2.05) is 36.2 Å². The van der Waals surface area contributed by atoms with Gasteiger partial charge in [-0.05, 0) is 31.2 Å². The molecule has 9 nitrogen and oxygen atoms in total. The number of nitrogens with zero attached hydrogens (tertiary/aromatic N) is 3. The predicted octanol–water partition coefficient (Wildman–Crippen LogP) is 3.53. The highest BCUT2D eigenvalue weighted by molar-refractivity contribution is 6.36. The minimum Gasteiger partial charge on any atom is -0.489 e. The van der Waals surface area contributed by atoms with E-state index in [-0.39, 0.29) is 12.5 Å². The Bertz CT molecular complexity index is 1190. The molecule has 3 aromatic rings. The summed E-state index contributed by atoms with van der Waals surface area (Å²) >= 11 is 6.40. The molecule has 0 aliphatic carbocycles. The standard InChI is InChI=1S/C22H23ClN6O3/c1-13-11-29(27-22(13)26-17-5-4-16(25)15(10-24)21(17)23)14-3-6-18-19(9-14)32-8-7-28(18)12-20(30)31-2/h3-6,9-11,24H,7-8,12,25H2,1-2H3,(H,26,27). The summed E-state index contributed by atoms with van der Waals surface area (Å²) in [5.74, 6) is 1.00. The summed E-state index contributed by atoms with van der Waals surface area (Å²) in [6, 6.07) is 9.16. The molecule has 1 aliphatic heterocycles. The molecule has 0 bridgehead atoms. The van der Waals surface area contributed by atoms with Crippen LogP contribution in [0, 0.1) is 12.3 Å². The SMILES string of the molecule is COC(=O)CN1CCOc2cc(-n3cc(C)c(Nc4ccc(N)c(C=N)c4Cl)n3)ccc21. The smallest absolute Gasteiger partial charge is 0.325 e. The second kappa shape index (κ2) is 8.80. The number of methoxy groups -OCH3 is 1. The Morgan fingerprint density at radius 1 is 1.41 bits per heavy atom. The molecule has 0 atom stereocenters. The normalized spacial score (nSPS) is 12.7. The molecule has 0 radical (unpaired) electrons. The first-order chi connectivity index (χ1) is 15.4. The molecule has 0 saturated heterocycles. The number of benzene rings is 2. The van der Waals surface area contributed by atoms with Crippen LogP contribution in [0.3, 0.4) is 0 Å². The molecular formula is C22H23ClN6O3. The molecule has 2 aromatic carbocycles. The zero-order chi connectivity index (χ0) is 22.8. The van der Waals surface area contributed by atoms with Crippen molar-refractivity contribution < 1.29 is 14.3 Å². The van der Waals surface area contributed by atoms with Crippen molar-refractivity contribution in [3.8, 4) is 11.4 Å². The highest BCUT2D eigenvalue weighted by Gasteiger charge is 2.21. The molecule has 0 unspecified atom stereocenters. The minimum atomic E-state index is -0.298. The summed E-state index contributed by atoms with van der Waals surface area (Å²) in [5.41, 5.74) is 9.93. The fourth-order valence-corrected chi connectivity index (χ4v) is 3.76. The van der Waals surface area contributed by atoms with Crippen LogP contribution in [0.1, 0.15) is 11.1 Å². The maximum absolute atomic E-state index is 11.7. The van der Waals surface area contributed by atoms with Crippen molar-refractivity contribution in [1.29, 1.82) is 5.41 Å². The van der Waals surface area contributed by atoms with Gasteiger partial charge in [0.25, 0.3) is 0 Å². The number of aryl methyl sites for hydroxylation is 1. The summed E-state index contributed by atoms with van der Waals surface area (Å²) < 4.78 is 12.3. The van der Waals surface area contributed by atoms with E-state index in [1.54, 1.807) is 16.8 Å². The van der Waals surface area contributed by atoms with Gasteiger partial charge in [0.1, 0.15) is 18.9 Å². The molecule has 2 heterocycles. The maximum atomic E-state index is 11.7. The zero-order valence-corrected chi connectivity index (χ0v) is 18.4. The molecule has 4 N–H and O–H groups in total. The molecule has 4 rings (SSSR count). The van der Waals surface area contributed by atoms with Crippen molar-refractivity contribution in [1.82, 2.24) is 9.78 Å². The van der Waals surface area contributed by atoms with Gasteiger partial charge in [0.2, 0.25) is 0 Å². The molecule has 166 valence electrons. The van der Waals surface area contributed by atoms with Gasteiger partial charge in [-0.2, -0.15) is 0 Å². The van der Waals surface area contributed by atoms with Gasteiger partial charge in [0, 0.05) is 35.3 Å². The number of nitrogen functional groups attached to an aromatic ring is 1. The van der Waals surface area contributed by atoms with Crippen LogP contribution in [0.5, 0.6) is 5.75 Å². The van der Waals surface area contributed by atoms with E-state index >= 15 is 0 Å². The summed E-state index contributed by atoms with van der Waals surface area (Å²) in [5, 5.41) is 15.7. The number of rotatable bonds is 6. The first-order valence-electron chi connectivity index (χ1n) is 9.92. The number of carbonyl (C=O) groups is 1. The van der Waals surface area contributed by atoms with E-state index in [9.17, 15) is 4.79 Å². The zero-order valence-electron chi connectivity index (χ0n) is 17.7. The lowest BCUT2D eigenvalue weighted by Gasteiger charge is -2.30. The van der Waals surface area contributed by atoms with Gasteiger partial charge in [0.05, 0.1) is 35.7 Å².